The van der Waals surface area contributed by atoms with Crippen LogP contribution >= 0.6 is 0 Å². The van der Waals surface area contributed by atoms with Crippen LogP contribution in [0.2, 0.25) is 0 Å². The Labute approximate surface area is 55.6 Å². The van der Waals surface area contributed by atoms with Gasteiger partial charge in [-0.05, 0) is 0 Å². The van der Waals surface area contributed by atoms with Gasteiger partial charge < -0.3 is 14.7 Å². The molecule has 0 spiro atoms. The van der Waals surface area contributed by atoms with Crippen LogP contribution in [0.4, 0.5) is 13.2 Å². The fraction of sp³-hybridized carbons (Fsp3) is 1.00. The minimum Gasteiger partial charge on any atom is -0.402 e. The molecule has 0 aromatic carbocycles. The summed E-state index contributed by atoms with van der Waals surface area (Å²) >= 11 is 0. The SMILES string of the molecule is OB(O)OCC(F)C(F)F. The summed E-state index contributed by atoms with van der Waals surface area (Å²) in [5, 5.41) is 15.8. The highest BCUT2D eigenvalue weighted by Crippen LogP contribution is 2.05. The van der Waals surface area contributed by atoms with Gasteiger partial charge in [-0.25, -0.2) is 13.2 Å². The highest BCUT2D eigenvalue weighted by Gasteiger charge is 2.21. The molecule has 60 valence electrons. The van der Waals surface area contributed by atoms with Crippen LogP contribution in [0.25, 0.3) is 0 Å². The van der Waals surface area contributed by atoms with Crippen molar-refractivity contribution in [2.24, 2.45) is 0 Å². The van der Waals surface area contributed by atoms with E-state index in [-0.39, 0.29) is 0 Å². The number of hydrogen-bond donors (Lipinski definition) is 2. The average molecular weight is 158 g/mol. The largest absolute Gasteiger partial charge is 0.634 e. The highest BCUT2D eigenvalue weighted by atomic mass is 19.3. The third-order valence-electron chi connectivity index (χ3n) is 0.678. The van der Waals surface area contributed by atoms with Crippen molar-refractivity contribution in [3.8, 4) is 0 Å². The summed E-state index contributed by atoms with van der Waals surface area (Å²) < 4.78 is 38.0. The molecule has 0 saturated heterocycles. The minimum atomic E-state index is -3.15. The molecule has 0 heterocycles. The van der Waals surface area contributed by atoms with Gasteiger partial charge in [0.1, 0.15) is 0 Å². The third-order valence-corrected chi connectivity index (χ3v) is 0.678. The lowest BCUT2D eigenvalue weighted by Crippen LogP contribution is -2.26. The standard InChI is InChI=1S/C3H6BF3O3/c5-2(3(6)7)1-10-4(8)9/h2-3,8-9H,1H2. The Bertz CT molecular complexity index is 91.1. The van der Waals surface area contributed by atoms with Crippen LogP contribution in [-0.2, 0) is 4.65 Å². The molecule has 0 aliphatic carbocycles. The number of rotatable bonds is 4. The zero-order chi connectivity index (χ0) is 8.15. The molecule has 3 nitrogen and oxygen atoms in total. The van der Waals surface area contributed by atoms with E-state index in [1.807, 2.05) is 0 Å². The first-order chi connectivity index (χ1) is 4.54. The van der Waals surface area contributed by atoms with Crippen molar-refractivity contribution >= 4 is 7.32 Å². The predicted octanol–water partition coefficient (Wildman–Crippen LogP) is -0.424. The van der Waals surface area contributed by atoms with Gasteiger partial charge in [-0.15, -0.1) is 0 Å². The summed E-state index contributed by atoms with van der Waals surface area (Å²) in [6.45, 7) is -1.02. The van der Waals surface area contributed by atoms with Crippen LogP contribution in [0, 0.1) is 0 Å². The van der Waals surface area contributed by atoms with Crippen LogP contribution in [0.15, 0.2) is 0 Å². The third kappa shape index (κ3) is 4.60. The zero-order valence-corrected chi connectivity index (χ0v) is 4.88. The molecular formula is C3H6BF3O3. The van der Waals surface area contributed by atoms with Gasteiger partial charge in [-0.2, -0.15) is 0 Å². The Hall–Kier alpha value is -0.265. The molecule has 0 bridgehead atoms. The summed E-state index contributed by atoms with van der Waals surface area (Å²) in [5.74, 6) is 0. The maximum atomic E-state index is 11.8. The van der Waals surface area contributed by atoms with E-state index < -0.39 is 26.5 Å². The molecule has 0 rings (SSSR count). The maximum Gasteiger partial charge on any atom is 0.634 e. The molecule has 7 heteroatoms. The van der Waals surface area contributed by atoms with Crippen molar-refractivity contribution in [3.63, 3.8) is 0 Å². The van der Waals surface area contributed by atoms with Crippen LogP contribution in [0.3, 0.4) is 0 Å². The normalized spacial score (nSPS) is 13.8. The molecule has 0 amide bonds. The molecule has 0 aromatic heterocycles. The van der Waals surface area contributed by atoms with E-state index in [1.165, 1.54) is 0 Å². The quantitative estimate of drug-likeness (QED) is 0.546. The fourth-order valence-electron chi connectivity index (χ4n) is 0.251. The fourth-order valence-corrected chi connectivity index (χ4v) is 0.251. The lowest BCUT2D eigenvalue weighted by atomic mass is 10.2. The maximum absolute atomic E-state index is 11.8. The van der Waals surface area contributed by atoms with Crippen molar-refractivity contribution in [3.05, 3.63) is 0 Å². The van der Waals surface area contributed by atoms with Gasteiger partial charge in [0, 0.05) is 0 Å². The van der Waals surface area contributed by atoms with E-state index in [9.17, 15) is 13.2 Å². The van der Waals surface area contributed by atoms with Crippen LogP contribution < -0.4 is 0 Å². The predicted molar refractivity (Wildman–Crippen MR) is 27.0 cm³/mol. The monoisotopic (exact) mass is 158 g/mol. The Balaban J connectivity index is 3.30. The highest BCUT2D eigenvalue weighted by molar-refractivity contribution is 6.32. The molecule has 0 aliphatic heterocycles. The summed E-state index contributed by atoms with van der Waals surface area (Å²) in [7, 11) is -2.20. The van der Waals surface area contributed by atoms with Crippen LogP contribution in [0.1, 0.15) is 0 Å². The minimum absolute atomic E-state index is 1.02. The van der Waals surface area contributed by atoms with Crippen molar-refractivity contribution in [1.82, 2.24) is 0 Å². The lowest BCUT2D eigenvalue weighted by molar-refractivity contribution is 0.0122. The van der Waals surface area contributed by atoms with E-state index in [4.69, 9.17) is 10.0 Å². The summed E-state index contributed by atoms with van der Waals surface area (Å²) in [4.78, 5) is 0. The number of hydrogen-bond acceptors (Lipinski definition) is 3. The second kappa shape index (κ2) is 4.53. The molecule has 0 radical (unpaired) electrons. The van der Waals surface area contributed by atoms with E-state index in [0.29, 0.717) is 0 Å². The molecule has 2 N–H and O–H groups in total. The molecule has 0 fully saturated rings. The molecule has 1 atom stereocenters. The van der Waals surface area contributed by atoms with Gasteiger partial charge in [0.25, 0.3) is 6.43 Å². The summed E-state index contributed by atoms with van der Waals surface area (Å²) in [5.41, 5.74) is 0. The van der Waals surface area contributed by atoms with Crippen molar-refractivity contribution in [2.45, 2.75) is 12.6 Å². The smallest absolute Gasteiger partial charge is 0.402 e. The van der Waals surface area contributed by atoms with Gasteiger partial charge in [-0.1, -0.05) is 0 Å². The molecule has 0 aliphatic rings. The Morgan fingerprint density at radius 2 is 1.80 bits per heavy atom. The number of halogens is 3. The van der Waals surface area contributed by atoms with Gasteiger partial charge >= 0.3 is 7.32 Å². The van der Waals surface area contributed by atoms with Gasteiger partial charge in [0.2, 0.25) is 0 Å². The van der Waals surface area contributed by atoms with Gasteiger partial charge in [-0.3, -0.25) is 0 Å². The Morgan fingerprint density at radius 1 is 1.30 bits per heavy atom. The van der Waals surface area contributed by atoms with E-state index in [2.05, 4.69) is 4.65 Å². The average Bonchev–Trinajstić information content (AvgIpc) is 1.82. The first-order valence-corrected chi connectivity index (χ1v) is 2.44. The van der Waals surface area contributed by atoms with Crippen molar-refractivity contribution < 1.29 is 27.9 Å². The zero-order valence-electron chi connectivity index (χ0n) is 4.88. The lowest BCUT2D eigenvalue weighted by Gasteiger charge is -2.06. The van der Waals surface area contributed by atoms with Crippen LogP contribution in [-0.4, -0.2) is 36.6 Å². The Morgan fingerprint density at radius 3 is 2.10 bits per heavy atom. The first kappa shape index (κ1) is 9.73. The van der Waals surface area contributed by atoms with Gasteiger partial charge in [0.05, 0.1) is 6.61 Å². The van der Waals surface area contributed by atoms with Crippen molar-refractivity contribution in [2.75, 3.05) is 6.61 Å². The summed E-state index contributed by atoms with van der Waals surface area (Å²) in [6.07, 6.45) is -5.62. The molecule has 0 saturated carbocycles. The molecule has 10 heavy (non-hydrogen) atoms. The van der Waals surface area contributed by atoms with E-state index in [0.717, 1.165) is 0 Å². The van der Waals surface area contributed by atoms with Crippen molar-refractivity contribution in [1.29, 1.82) is 0 Å². The van der Waals surface area contributed by atoms with E-state index in [1.54, 1.807) is 0 Å². The topological polar surface area (TPSA) is 49.7 Å². The second-order valence-electron chi connectivity index (χ2n) is 1.51. The summed E-state index contributed by atoms with van der Waals surface area (Å²) in [6, 6.07) is 0. The molecule has 0 aromatic rings. The van der Waals surface area contributed by atoms with Crippen LogP contribution in [0.5, 0.6) is 0 Å². The van der Waals surface area contributed by atoms with Gasteiger partial charge in [0.15, 0.2) is 6.17 Å². The van der Waals surface area contributed by atoms with E-state index >= 15 is 0 Å². The molecular weight excluding hydrogens is 152 g/mol. The second-order valence-corrected chi connectivity index (χ2v) is 1.51. The first-order valence-electron chi connectivity index (χ1n) is 2.44. The Kier molecular flexibility index (Phi) is 4.41. The molecule has 1 unspecified atom stereocenters. The number of alkyl halides is 3.